The fraction of sp³-hybridized carbons (Fsp3) is 0.812. The maximum absolute atomic E-state index is 12.8. The van der Waals surface area contributed by atoms with Gasteiger partial charge in [-0.05, 0) is 58.4 Å². The number of hydrogen-bond acceptors (Lipinski definition) is 5. The Morgan fingerprint density at radius 3 is 1.68 bits per heavy atom. The van der Waals surface area contributed by atoms with Crippen LogP contribution in [-0.4, -0.2) is 59.5 Å². The van der Waals surface area contributed by atoms with Crippen molar-refractivity contribution in [3.05, 3.63) is 12.2 Å². The van der Waals surface area contributed by atoms with E-state index in [0.717, 1.165) is 0 Å². The summed E-state index contributed by atoms with van der Waals surface area (Å²) in [4.78, 5) is 12.5. The average molecular weight is 477 g/mol. The molecule has 0 radical (unpaired) electrons. The number of alkyl halides is 3. The molecule has 0 unspecified atom stereocenters. The highest BCUT2D eigenvalue weighted by Gasteiger charge is 2.51. The van der Waals surface area contributed by atoms with Crippen molar-refractivity contribution < 1.29 is 36.0 Å². The summed E-state index contributed by atoms with van der Waals surface area (Å²) in [6.07, 6.45) is -5.01. The van der Waals surface area contributed by atoms with Gasteiger partial charge in [0, 0.05) is 6.42 Å². The first-order valence-electron chi connectivity index (χ1n) is 9.26. The Kier molecular flexibility index (Phi) is 9.62. The number of carbonyl (C=O) groups is 1. The normalized spacial score (nSPS) is 14.2. The first kappa shape index (κ1) is 27.7. The molecule has 0 bridgehead atoms. The van der Waals surface area contributed by atoms with Crippen LogP contribution in [0.5, 0.6) is 0 Å². The zero-order valence-electron chi connectivity index (χ0n) is 18.5. The van der Waals surface area contributed by atoms with Gasteiger partial charge in [0.05, 0.1) is 16.5 Å². The van der Waals surface area contributed by atoms with E-state index in [1.165, 1.54) is 0 Å². The molecule has 0 aromatic heterocycles. The third-order valence-corrected chi connectivity index (χ3v) is 7.52. The molecular weight excluding hydrogens is 442 g/mol. The monoisotopic (exact) mass is 476 g/mol. The SMILES string of the molecule is C=C(C(=O)OC[SiH3])C(O[Si](C)(C)C)(O[Si](C)(C)C)O[Si](C)(C)CCC(F)(F)F. The third kappa shape index (κ3) is 11.1. The molecule has 0 saturated heterocycles. The van der Waals surface area contributed by atoms with Crippen molar-refractivity contribution in [3.8, 4) is 0 Å². The fourth-order valence-electron chi connectivity index (χ4n) is 2.25. The number of hydrogen-bond donors (Lipinski definition) is 0. The number of ether oxygens (including phenoxy) is 1. The van der Waals surface area contributed by atoms with Gasteiger partial charge in [0.2, 0.25) is 0 Å². The highest BCUT2D eigenvalue weighted by molar-refractivity contribution is 6.72. The number of esters is 1. The summed E-state index contributed by atoms with van der Waals surface area (Å²) in [6.45, 7) is 18.4. The van der Waals surface area contributed by atoms with Crippen LogP contribution in [0.25, 0.3) is 0 Å². The summed E-state index contributed by atoms with van der Waals surface area (Å²) in [6, 6.07) is -0.189. The molecule has 0 heterocycles. The van der Waals surface area contributed by atoms with Crippen LogP contribution >= 0.6 is 0 Å². The van der Waals surface area contributed by atoms with Gasteiger partial charge in [0.25, 0.3) is 5.97 Å². The lowest BCUT2D eigenvalue weighted by molar-refractivity contribution is -0.243. The molecule has 0 aromatic carbocycles. The van der Waals surface area contributed by atoms with Gasteiger partial charge in [-0.15, -0.1) is 0 Å². The summed E-state index contributed by atoms with van der Waals surface area (Å²) < 4.78 is 62.0. The van der Waals surface area contributed by atoms with Crippen molar-refractivity contribution in [2.45, 2.75) is 77.0 Å². The maximum Gasteiger partial charge on any atom is 0.388 e. The summed E-state index contributed by atoms with van der Waals surface area (Å²) in [5.74, 6) is -2.64. The lowest BCUT2D eigenvalue weighted by atomic mass is 10.2. The summed E-state index contributed by atoms with van der Waals surface area (Å²) in [5.41, 5.74) is -0.152. The van der Waals surface area contributed by atoms with Crippen LogP contribution in [0, 0.1) is 0 Å². The van der Waals surface area contributed by atoms with Crippen LogP contribution in [0.4, 0.5) is 13.2 Å². The van der Waals surface area contributed by atoms with Crippen molar-refractivity contribution in [2.24, 2.45) is 0 Å². The predicted octanol–water partition coefficient (Wildman–Crippen LogP) is 3.94. The molecule has 0 amide bonds. The largest absolute Gasteiger partial charge is 0.467 e. The van der Waals surface area contributed by atoms with Crippen molar-refractivity contribution >= 4 is 41.2 Å². The van der Waals surface area contributed by atoms with E-state index in [1.54, 1.807) is 13.1 Å². The molecule has 28 heavy (non-hydrogen) atoms. The van der Waals surface area contributed by atoms with Crippen molar-refractivity contribution in [3.63, 3.8) is 0 Å². The molecule has 0 aliphatic rings. The number of rotatable bonds is 11. The minimum absolute atomic E-state index is 0.152. The van der Waals surface area contributed by atoms with Gasteiger partial charge in [-0.2, -0.15) is 13.2 Å². The van der Waals surface area contributed by atoms with Gasteiger partial charge >= 0.3 is 12.1 Å². The predicted molar refractivity (Wildman–Crippen MR) is 116 cm³/mol. The van der Waals surface area contributed by atoms with Gasteiger partial charge in [-0.3, -0.25) is 0 Å². The summed E-state index contributed by atoms with van der Waals surface area (Å²) >= 11 is 0. The van der Waals surface area contributed by atoms with Crippen LogP contribution in [0.15, 0.2) is 12.2 Å². The van der Waals surface area contributed by atoms with Gasteiger partial charge in [0.1, 0.15) is 5.57 Å². The molecule has 0 fully saturated rings. The fourth-order valence-corrected chi connectivity index (χ4v) is 6.71. The van der Waals surface area contributed by atoms with Crippen molar-refractivity contribution in [1.29, 1.82) is 0 Å². The Bertz CT molecular complexity index is 538. The molecule has 0 spiro atoms. The van der Waals surface area contributed by atoms with Crippen LogP contribution in [0.2, 0.25) is 58.4 Å². The Labute approximate surface area is 172 Å². The third-order valence-electron chi connectivity index (χ3n) is 3.19. The molecule has 0 aromatic rings. The van der Waals surface area contributed by atoms with E-state index in [0.29, 0.717) is 10.2 Å². The highest BCUT2D eigenvalue weighted by Crippen LogP contribution is 2.37. The van der Waals surface area contributed by atoms with E-state index >= 15 is 0 Å². The molecular formula is C16H35F3O5Si4. The minimum atomic E-state index is -4.29. The second-order valence-corrected chi connectivity index (χ2v) is 22.8. The maximum atomic E-state index is 12.8. The second kappa shape index (κ2) is 9.70. The Morgan fingerprint density at radius 1 is 0.929 bits per heavy atom. The first-order valence-corrected chi connectivity index (χ1v) is 20.6. The molecule has 166 valence electrons. The van der Waals surface area contributed by atoms with E-state index in [9.17, 15) is 18.0 Å². The molecule has 0 saturated carbocycles. The van der Waals surface area contributed by atoms with Crippen LogP contribution in [0.3, 0.4) is 0 Å². The Hall–Kier alpha value is -0.252. The lowest BCUT2D eigenvalue weighted by Crippen LogP contribution is -2.58. The number of halogens is 3. The summed E-state index contributed by atoms with van der Waals surface area (Å²) in [7, 11) is -7.07. The zero-order chi connectivity index (χ0) is 22.6. The highest BCUT2D eigenvalue weighted by atomic mass is 28.4. The Balaban J connectivity index is 6.14. The second-order valence-electron chi connectivity index (χ2n) is 9.16. The van der Waals surface area contributed by atoms with Crippen molar-refractivity contribution in [2.75, 3.05) is 6.23 Å². The molecule has 0 aliphatic heterocycles. The first-order chi connectivity index (χ1) is 12.2. The standard InChI is InChI=1S/C16H35F3O5Si4/c1-13(14(20)21-12-25)16(22-26(2,3)4,23-27(5,6)7)24-28(8,9)11-10-15(17,18)19/h1,10-12H2,2-9,25H3. The van der Waals surface area contributed by atoms with E-state index in [4.69, 9.17) is 18.0 Å². The lowest BCUT2D eigenvalue weighted by Gasteiger charge is -2.46. The quantitative estimate of drug-likeness (QED) is 0.196. The van der Waals surface area contributed by atoms with Gasteiger partial charge in [-0.1, -0.05) is 6.58 Å². The zero-order valence-corrected chi connectivity index (χ0v) is 23.5. The van der Waals surface area contributed by atoms with E-state index < -0.39 is 49.5 Å². The average Bonchev–Trinajstić information content (AvgIpc) is 2.39. The molecule has 0 atom stereocenters. The van der Waals surface area contributed by atoms with Crippen LogP contribution in [0.1, 0.15) is 6.42 Å². The van der Waals surface area contributed by atoms with E-state index in [-0.39, 0.29) is 17.8 Å². The van der Waals surface area contributed by atoms with E-state index in [1.807, 2.05) is 39.3 Å². The van der Waals surface area contributed by atoms with E-state index in [2.05, 4.69) is 6.58 Å². The topological polar surface area (TPSA) is 54.0 Å². The van der Waals surface area contributed by atoms with Crippen molar-refractivity contribution in [1.82, 2.24) is 0 Å². The van der Waals surface area contributed by atoms with Crippen LogP contribution in [-0.2, 0) is 22.8 Å². The number of carbonyl (C=O) groups excluding carboxylic acids is 1. The molecule has 0 aliphatic carbocycles. The molecule has 5 nitrogen and oxygen atoms in total. The summed E-state index contributed by atoms with van der Waals surface area (Å²) in [5, 5.41) is 0. The van der Waals surface area contributed by atoms with Gasteiger partial charge in [-0.25, -0.2) is 4.79 Å². The molecule has 0 rings (SSSR count). The van der Waals surface area contributed by atoms with Gasteiger partial charge in [0.15, 0.2) is 25.0 Å². The van der Waals surface area contributed by atoms with Gasteiger partial charge < -0.3 is 18.0 Å². The molecule has 0 N–H and O–H groups in total. The van der Waals surface area contributed by atoms with Crippen LogP contribution < -0.4 is 0 Å². The smallest absolute Gasteiger partial charge is 0.388 e. The minimum Gasteiger partial charge on any atom is -0.467 e. The Morgan fingerprint density at radius 2 is 1.36 bits per heavy atom. The molecule has 12 heteroatoms.